The lowest BCUT2D eigenvalue weighted by Crippen LogP contribution is -2.17. The fourth-order valence-electron chi connectivity index (χ4n) is 1.71. The average molecular weight is 247 g/mol. The number of aromatic nitrogens is 2. The van der Waals surface area contributed by atoms with Gasteiger partial charge in [0, 0.05) is 18.2 Å². The quantitative estimate of drug-likeness (QED) is 0.903. The van der Waals surface area contributed by atoms with Gasteiger partial charge in [-0.1, -0.05) is 13.8 Å². The Bertz CT molecular complexity index is 540. The Hall–Kier alpha value is -2.04. The van der Waals surface area contributed by atoms with Crippen molar-refractivity contribution in [3.05, 3.63) is 35.9 Å². The maximum atomic E-state index is 12.0. The number of aryl methyl sites for hydroxylation is 1. The summed E-state index contributed by atoms with van der Waals surface area (Å²) in [4.78, 5) is 12.0. The van der Waals surface area contributed by atoms with Gasteiger partial charge in [-0.05, 0) is 18.9 Å². The van der Waals surface area contributed by atoms with Gasteiger partial charge in [-0.2, -0.15) is 5.10 Å². The van der Waals surface area contributed by atoms with Gasteiger partial charge in [-0.15, -0.1) is 0 Å². The van der Waals surface area contributed by atoms with Gasteiger partial charge in [0.15, 0.2) is 5.76 Å². The van der Waals surface area contributed by atoms with Crippen LogP contribution in [0.5, 0.6) is 0 Å². The summed E-state index contributed by atoms with van der Waals surface area (Å²) in [6, 6.07) is 3.54. The van der Waals surface area contributed by atoms with Crippen LogP contribution in [-0.2, 0) is 6.54 Å². The smallest absolute Gasteiger partial charge is 0.292 e. The van der Waals surface area contributed by atoms with Crippen LogP contribution >= 0.6 is 0 Å². The van der Waals surface area contributed by atoms with Crippen LogP contribution in [-0.4, -0.2) is 15.7 Å². The molecule has 0 aliphatic rings. The molecule has 2 rings (SSSR count). The lowest BCUT2D eigenvalue weighted by Gasteiger charge is -2.10. The Kier molecular flexibility index (Phi) is 3.50. The summed E-state index contributed by atoms with van der Waals surface area (Å²) in [6.07, 6.45) is 3.18. The first-order chi connectivity index (χ1) is 8.58. The van der Waals surface area contributed by atoms with Crippen LogP contribution in [0.4, 0.5) is 5.82 Å². The molecule has 0 atom stereocenters. The molecule has 0 unspecified atom stereocenters. The second kappa shape index (κ2) is 5.08. The summed E-state index contributed by atoms with van der Waals surface area (Å²) in [5.41, 5.74) is 0.822. The molecular weight excluding hydrogens is 230 g/mol. The third-order valence-electron chi connectivity index (χ3n) is 2.56. The highest BCUT2D eigenvalue weighted by molar-refractivity contribution is 6.02. The highest BCUT2D eigenvalue weighted by Gasteiger charge is 2.15. The number of nitrogens with zero attached hydrogens (tertiary/aromatic N) is 2. The summed E-state index contributed by atoms with van der Waals surface area (Å²) in [6.45, 7) is 6.80. The van der Waals surface area contributed by atoms with Crippen LogP contribution in [0.25, 0.3) is 0 Å². The zero-order valence-corrected chi connectivity index (χ0v) is 10.8. The van der Waals surface area contributed by atoms with E-state index in [0.29, 0.717) is 17.5 Å². The number of carbonyl (C=O) groups is 1. The van der Waals surface area contributed by atoms with Gasteiger partial charge in [0.2, 0.25) is 0 Å². The lowest BCUT2D eigenvalue weighted by molar-refractivity contribution is 0.0994. The standard InChI is InChI=1S/C13H17N3O2/c1-9(2)8-16-11(4-6-14-16)15-13(17)12-10(3)5-7-18-12/h4-7,9H,8H2,1-3H3,(H,15,17). The molecule has 0 bridgehead atoms. The van der Waals surface area contributed by atoms with E-state index in [-0.39, 0.29) is 5.91 Å². The van der Waals surface area contributed by atoms with Crippen molar-refractivity contribution in [2.75, 3.05) is 5.32 Å². The van der Waals surface area contributed by atoms with Gasteiger partial charge in [-0.3, -0.25) is 4.79 Å². The van der Waals surface area contributed by atoms with E-state index in [1.165, 1.54) is 6.26 Å². The van der Waals surface area contributed by atoms with E-state index in [9.17, 15) is 4.79 Å². The molecule has 0 spiro atoms. The van der Waals surface area contributed by atoms with Crippen LogP contribution in [0.1, 0.15) is 30.0 Å². The maximum Gasteiger partial charge on any atom is 0.292 e. The summed E-state index contributed by atoms with van der Waals surface area (Å²) in [7, 11) is 0. The summed E-state index contributed by atoms with van der Waals surface area (Å²) >= 11 is 0. The molecule has 18 heavy (non-hydrogen) atoms. The summed E-state index contributed by atoms with van der Waals surface area (Å²) in [5, 5.41) is 6.99. The van der Waals surface area contributed by atoms with E-state index < -0.39 is 0 Å². The second-order valence-electron chi connectivity index (χ2n) is 4.68. The predicted octanol–water partition coefficient (Wildman–Crippen LogP) is 2.69. The number of rotatable bonds is 4. The first-order valence-corrected chi connectivity index (χ1v) is 5.95. The molecule has 0 saturated carbocycles. The third kappa shape index (κ3) is 2.61. The van der Waals surface area contributed by atoms with E-state index in [0.717, 1.165) is 12.1 Å². The van der Waals surface area contributed by atoms with Crippen LogP contribution in [0.15, 0.2) is 29.0 Å². The maximum absolute atomic E-state index is 12.0. The SMILES string of the molecule is Cc1ccoc1C(=O)Nc1ccnn1CC(C)C. The molecule has 96 valence electrons. The first kappa shape index (κ1) is 12.4. The highest BCUT2D eigenvalue weighted by Crippen LogP contribution is 2.14. The van der Waals surface area contributed by atoms with Crippen molar-refractivity contribution in [3.8, 4) is 0 Å². The van der Waals surface area contributed by atoms with Crippen molar-refractivity contribution in [2.45, 2.75) is 27.3 Å². The molecule has 5 heteroatoms. The van der Waals surface area contributed by atoms with Gasteiger partial charge in [-0.25, -0.2) is 4.68 Å². The van der Waals surface area contributed by atoms with Crippen LogP contribution < -0.4 is 5.32 Å². The van der Waals surface area contributed by atoms with Gasteiger partial charge < -0.3 is 9.73 Å². The van der Waals surface area contributed by atoms with Crippen molar-refractivity contribution in [3.63, 3.8) is 0 Å². The number of nitrogens with one attached hydrogen (secondary N) is 1. The zero-order valence-electron chi connectivity index (χ0n) is 10.8. The lowest BCUT2D eigenvalue weighted by atomic mass is 10.2. The molecule has 0 fully saturated rings. The molecule has 1 N–H and O–H groups in total. The number of hydrogen-bond donors (Lipinski definition) is 1. The van der Waals surface area contributed by atoms with E-state index in [1.54, 1.807) is 23.0 Å². The molecule has 0 radical (unpaired) electrons. The van der Waals surface area contributed by atoms with Gasteiger partial charge in [0.1, 0.15) is 5.82 Å². The molecule has 2 aromatic heterocycles. The molecule has 1 amide bonds. The molecular formula is C13H17N3O2. The number of anilines is 1. The number of carbonyl (C=O) groups excluding carboxylic acids is 1. The first-order valence-electron chi connectivity index (χ1n) is 5.95. The van der Waals surface area contributed by atoms with Crippen LogP contribution in [0, 0.1) is 12.8 Å². The minimum absolute atomic E-state index is 0.247. The van der Waals surface area contributed by atoms with Gasteiger partial charge >= 0.3 is 0 Å². The predicted molar refractivity (Wildman–Crippen MR) is 68.5 cm³/mol. The molecule has 2 heterocycles. The average Bonchev–Trinajstić information content (AvgIpc) is 2.88. The van der Waals surface area contributed by atoms with E-state index >= 15 is 0 Å². The molecule has 0 aliphatic carbocycles. The molecule has 5 nitrogen and oxygen atoms in total. The van der Waals surface area contributed by atoms with Gasteiger partial charge in [0.25, 0.3) is 5.91 Å². The Morgan fingerprint density at radius 3 is 2.89 bits per heavy atom. The van der Waals surface area contributed by atoms with E-state index in [2.05, 4.69) is 24.3 Å². The summed E-state index contributed by atoms with van der Waals surface area (Å²) < 4.78 is 6.93. The Balaban J connectivity index is 2.13. The number of furan rings is 1. The number of amides is 1. The van der Waals surface area contributed by atoms with E-state index in [1.807, 2.05) is 6.92 Å². The zero-order chi connectivity index (χ0) is 13.1. The van der Waals surface area contributed by atoms with Crippen LogP contribution in [0.3, 0.4) is 0 Å². The van der Waals surface area contributed by atoms with Crippen molar-refractivity contribution < 1.29 is 9.21 Å². The minimum Gasteiger partial charge on any atom is -0.459 e. The van der Waals surface area contributed by atoms with Gasteiger partial charge in [0.05, 0.1) is 12.5 Å². The number of hydrogen-bond acceptors (Lipinski definition) is 3. The topological polar surface area (TPSA) is 60.1 Å². The Labute approximate surface area is 106 Å². The van der Waals surface area contributed by atoms with Crippen molar-refractivity contribution in [2.24, 2.45) is 5.92 Å². The third-order valence-corrected chi connectivity index (χ3v) is 2.56. The molecule has 0 aromatic carbocycles. The molecule has 0 aliphatic heterocycles. The second-order valence-corrected chi connectivity index (χ2v) is 4.68. The fraction of sp³-hybridized carbons (Fsp3) is 0.385. The monoisotopic (exact) mass is 247 g/mol. The normalized spacial score (nSPS) is 10.9. The minimum atomic E-state index is -0.247. The van der Waals surface area contributed by atoms with Crippen molar-refractivity contribution >= 4 is 11.7 Å². The van der Waals surface area contributed by atoms with Crippen LogP contribution in [0.2, 0.25) is 0 Å². The largest absolute Gasteiger partial charge is 0.459 e. The Morgan fingerprint density at radius 1 is 1.50 bits per heavy atom. The van der Waals surface area contributed by atoms with Crippen molar-refractivity contribution in [1.29, 1.82) is 0 Å². The fourth-order valence-corrected chi connectivity index (χ4v) is 1.71. The van der Waals surface area contributed by atoms with E-state index in [4.69, 9.17) is 4.42 Å². The summed E-state index contributed by atoms with van der Waals surface area (Å²) in [5.74, 6) is 1.24. The van der Waals surface area contributed by atoms with Crippen molar-refractivity contribution in [1.82, 2.24) is 9.78 Å². The molecule has 0 saturated heterocycles. The highest BCUT2D eigenvalue weighted by atomic mass is 16.3. The molecule has 2 aromatic rings. The Morgan fingerprint density at radius 2 is 2.28 bits per heavy atom.